The number of likely N-dealkylation sites (N-methyl/N-ethyl adjacent to an activating group) is 1. The predicted octanol–water partition coefficient (Wildman–Crippen LogP) is 1.31. The second-order valence-corrected chi connectivity index (χ2v) is 5.86. The summed E-state index contributed by atoms with van der Waals surface area (Å²) < 4.78 is 5.07. The van der Waals surface area contributed by atoms with Gasteiger partial charge in [0.05, 0.1) is 6.61 Å². The lowest BCUT2D eigenvalue weighted by Gasteiger charge is -2.41. The summed E-state index contributed by atoms with van der Waals surface area (Å²) >= 11 is 0. The molecule has 0 bridgehead atoms. The fraction of sp³-hybridized carbons (Fsp3) is 0.933. The van der Waals surface area contributed by atoms with Crippen LogP contribution in [0.3, 0.4) is 0 Å². The van der Waals surface area contributed by atoms with Gasteiger partial charge in [-0.05, 0) is 31.7 Å². The van der Waals surface area contributed by atoms with Gasteiger partial charge in [-0.3, -0.25) is 4.99 Å². The number of ether oxygens (including phenoxy) is 1. The van der Waals surface area contributed by atoms with Crippen molar-refractivity contribution in [1.82, 2.24) is 15.5 Å². The maximum absolute atomic E-state index is 5.07. The van der Waals surface area contributed by atoms with Crippen molar-refractivity contribution in [2.75, 3.05) is 54.0 Å². The number of methoxy groups -OCH3 is 1. The van der Waals surface area contributed by atoms with E-state index in [1.54, 1.807) is 7.11 Å². The summed E-state index contributed by atoms with van der Waals surface area (Å²) in [4.78, 5) is 6.55. The molecule has 118 valence electrons. The lowest BCUT2D eigenvalue weighted by atomic mass is 9.67. The molecule has 0 heterocycles. The molecule has 0 aliphatic heterocycles. The highest BCUT2D eigenvalue weighted by Gasteiger charge is 2.34. The summed E-state index contributed by atoms with van der Waals surface area (Å²) in [6.45, 7) is 6.97. The molecule has 0 unspecified atom stereocenters. The Labute approximate surface area is 124 Å². The average molecular weight is 284 g/mol. The number of guanidine groups is 1. The number of aliphatic imine (C=N–C) groups is 1. The predicted molar refractivity (Wildman–Crippen MR) is 85.3 cm³/mol. The van der Waals surface area contributed by atoms with Crippen molar-refractivity contribution in [3.63, 3.8) is 0 Å². The van der Waals surface area contributed by atoms with E-state index < -0.39 is 0 Å². The molecule has 1 saturated carbocycles. The third kappa shape index (κ3) is 5.67. The van der Waals surface area contributed by atoms with Crippen molar-refractivity contribution in [3.8, 4) is 0 Å². The van der Waals surface area contributed by atoms with Crippen LogP contribution >= 0.6 is 0 Å². The monoisotopic (exact) mass is 284 g/mol. The molecule has 1 rings (SSSR count). The van der Waals surface area contributed by atoms with Crippen molar-refractivity contribution >= 4 is 5.96 Å². The standard InChI is InChI=1S/C15H32N4O/c1-5-15(7-6-8-15)13-18-14(16-2)17-9-10-19(3)11-12-20-4/h5-13H2,1-4H3,(H2,16,17,18). The van der Waals surface area contributed by atoms with E-state index in [0.717, 1.165) is 38.7 Å². The molecule has 1 aliphatic carbocycles. The van der Waals surface area contributed by atoms with Gasteiger partial charge in [0.1, 0.15) is 0 Å². The number of nitrogens with one attached hydrogen (secondary N) is 2. The Bertz CT molecular complexity index is 284. The van der Waals surface area contributed by atoms with Crippen molar-refractivity contribution in [3.05, 3.63) is 0 Å². The van der Waals surface area contributed by atoms with E-state index in [9.17, 15) is 0 Å². The van der Waals surface area contributed by atoms with Gasteiger partial charge >= 0.3 is 0 Å². The summed E-state index contributed by atoms with van der Waals surface area (Å²) in [7, 11) is 5.68. The molecule has 20 heavy (non-hydrogen) atoms. The van der Waals surface area contributed by atoms with Gasteiger partial charge in [0, 0.05) is 40.3 Å². The highest BCUT2D eigenvalue weighted by atomic mass is 16.5. The van der Waals surface area contributed by atoms with Crippen LogP contribution in [0, 0.1) is 5.41 Å². The Kier molecular flexibility index (Phi) is 7.92. The average Bonchev–Trinajstić information content (AvgIpc) is 2.42. The van der Waals surface area contributed by atoms with Crippen molar-refractivity contribution in [1.29, 1.82) is 0 Å². The molecule has 0 amide bonds. The van der Waals surface area contributed by atoms with E-state index in [1.807, 2.05) is 7.05 Å². The minimum Gasteiger partial charge on any atom is -0.383 e. The lowest BCUT2D eigenvalue weighted by molar-refractivity contribution is 0.131. The van der Waals surface area contributed by atoms with E-state index in [-0.39, 0.29) is 0 Å². The number of hydrogen-bond donors (Lipinski definition) is 2. The minimum absolute atomic E-state index is 0.521. The second kappa shape index (κ2) is 9.19. The SMILES string of the molecule is CCC1(CNC(=NC)NCCN(C)CCOC)CCC1. The normalized spacial score (nSPS) is 17.9. The molecule has 2 N–H and O–H groups in total. The zero-order valence-electron chi connectivity index (χ0n) is 13.7. The van der Waals surface area contributed by atoms with E-state index in [2.05, 4.69) is 34.5 Å². The molecule has 0 aromatic heterocycles. The van der Waals surface area contributed by atoms with Crippen molar-refractivity contribution in [2.45, 2.75) is 32.6 Å². The fourth-order valence-corrected chi connectivity index (χ4v) is 2.55. The smallest absolute Gasteiger partial charge is 0.191 e. The van der Waals surface area contributed by atoms with Gasteiger partial charge in [-0.15, -0.1) is 0 Å². The van der Waals surface area contributed by atoms with Crippen LogP contribution in [-0.2, 0) is 4.74 Å². The molecule has 0 saturated heterocycles. The molecule has 0 atom stereocenters. The molecule has 1 aliphatic rings. The second-order valence-electron chi connectivity index (χ2n) is 5.86. The first-order chi connectivity index (χ1) is 9.65. The largest absolute Gasteiger partial charge is 0.383 e. The van der Waals surface area contributed by atoms with Crippen molar-refractivity contribution < 1.29 is 4.74 Å². The zero-order chi connectivity index (χ0) is 14.8. The van der Waals surface area contributed by atoms with Crippen molar-refractivity contribution in [2.24, 2.45) is 10.4 Å². The van der Waals surface area contributed by atoms with Crippen LogP contribution in [-0.4, -0.2) is 64.9 Å². The summed E-state index contributed by atoms with van der Waals surface area (Å²) in [5.74, 6) is 0.921. The molecule has 0 radical (unpaired) electrons. The molecule has 1 fully saturated rings. The molecule has 0 aromatic rings. The van der Waals surface area contributed by atoms with Crippen LogP contribution in [0.1, 0.15) is 32.6 Å². The molecule has 5 nitrogen and oxygen atoms in total. The lowest BCUT2D eigenvalue weighted by Crippen LogP contribution is -2.47. The Morgan fingerprint density at radius 1 is 1.30 bits per heavy atom. The molecular weight excluding hydrogens is 252 g/mol. The Morgan fingerprint density at radius 3 is 2.55 bits per heavy atom. The van der Waals surface area contributed by atoms with Gasteiger partial charge < -0.3 is 20.3 Å². The Hall–Kier alpha value is -0.810. The highest BCUT2D eigenvalue weighted by molar-refractivity contribution is 5.79. The van der Waals surface area contributed by atoms with Crippen LogP contribution < -0.4 is 10.6 Å². The van der Waals surface area contributed by atoms with Gasteiger partial charge in [0.15, 0.2) is 5.96 Å². The van der Waals surface area contributed by atoms with Gasteiger partial charge in [-0.1, -0.05) is 13.3 Å². The van der Waals surface area contributed by atoms with E-state index >= 15 is 0 Å². The topological polar surface area (TPSA) is 48.9 Å². The number of nitrogens with zero attached hydrogens (tertiary/aromatic N) is 2. The fourth-order valence-electron chi connectivity index (χ4n) is 2.55. The summed E-state index contributed by atoms with van der Waals surface area (Å²) in [6.07, 6.45) is 5.35. The highest BCUT2D eigenvalue weighted by Crippen LogP contribution is 2.42. The minimum atomic E-state index is 0.521. The summed E-state index contributed by atoms with van der Waals surface area (Å²) in [6, 6.07) is 0. The van der Waals surface area contributed by atoms with Gasteiger partial charge in [0.25, 0.3) is 0 Å². The molecular formula is C15H32N4O. The maximum Gasteiger partial charge on any atom is 0.191 e. The van der Waals surface area contributed by atoms with Crippen LogP contribution in [0.2, 0.25) is 0 Å². The first kappa shape index (κ1) is 17.2. The zero-order valence-corrected chi connectivity index (χ0v) is 13.7. The summed E-state index contributed by atoms with van der Waals surface area (Å²) in [5, 5.41) is 6.85. The third-order valence-corrected chi connectivity index (χ3v) is 4.48. The maximum atomic E-state index is 5.07. The molecule has 5 heteroatoms. The first-order valence-electron chi connectivity index (χ1n) is 7.78. The third-order valence-electron chi connectivity index (χ3n) is 4.48. The van der Waals surface area contributed by atoms with Crippen LogP contribution in [0.15, 0.2) is 4.99 Å². The van der Waals surface area contributed by atoms with E-state index in [1.165, 1.54) is 25.7 Å². The number of rotatable bonds is 9. The summed E-state index contributed by atoms with van der Waals surface area (Å²) in [5.41, 5.74) is 0.521. The van der Waals surface area contributed by atoms with Crippen LogP contribution in [0.4, 0.5) is 0 Å². The van der Waals surface area contributed by atoms with E-state index in [4.69, 9.17) is 4.74 Å². The van der Waals surface area contributed by atoms with Gasteiger partial charge in [0.2, 0.25) is 0 Å². The van der Waals surface area contributed by atoms with Gasteiger partial charge in [-0.25, -0.2) is 0 Å². The quantitative estimate of drug-likeness (QED) is 0.495. The number of hydrogen-bond acceptors (Lipinski definition) is 3. The Morgan fingerprint density at radius 2 is 2.05 bits per heavy atom. The van der Waals surface area contributed by atoms with Gasteiger partial charge in [-0.2, -0.15) is 0 Å². The molecule has 0 spiro atoms. The van der Waals surface area contributed by atoms with E-state index in [0.29, 0.717) is 5.41 Å². The first-order valence-corrected chi connectivity index (χ1v) is 7.78. The van der Waals surface area contributed by atoms with Crippen LogP contribution in [0.5, 0.6) is 0 Å². The van der Waals surface area contributed by atoms with Crippen LogP contribution in [0.25, 0.3) is 0 Å². The Balaban J connectivity index is 2.16. The molecule has 0 aromatic carbocycles.